The van der Waals surface area contributed by atoms with E-state index in [9.17, 15) is 18.1 Å². The molecule has 0 aliphatic carbocycles. The normalized spacial score (nSPS) is 11.5. The van der Waals surface area contributed by atoms with Crippen molar-refractivity contribution in [2.45, 2.75) is 0 Å². The van der Waals surface area contributed by atoms with Crippen molar-refractivity contribution in [2.75, 3.05) is 6.16 Å². The highest BCUT2D eigenvalue weighted by Gasteiger charge is 2.22. The highest BCUT2D eigenvalue weighted by molar-refractivity contribution is 7.52. The molecular weight excluding hydrogens is 229 g/mol. The van der Waals surface area contributed by atoms with Crippen LogP contribution in [0.5, 0.6) is 0 Å². The molecule has 0 aromatic heterocycles. The lowest BCUT2D eigenvalue weighted by molar-refractivity contribution is 0.101. The van der Waals surface area contributed by atoms with Gasteiger partial charge in [-0.15, -0.1) is 0 Å². The van der Waals surface area contributed by atoms with Gasteiger partial charge in [0, 0.05) is 0 Å². The summed E-state index contributed by atoms with van der Waals surface area (Å²) in [5.74, 6) is -2.97. The summed E-state index contributed by atoms with van der Waals surface area (Å²) in [5.41, 5.74) is -0.654. The van der Waals surface area contributed by atoms with Crippen LogP contribution in [-0.2, 0) is 4.57 Å². The van der Waals surface area contributed by atoms with Crippen LogP contribution in [-0.4, -0.2) is 21.7 Å². The highest BCUT2D eigenvalue weighted by atomic mass is 31.2. The van der Waals surface area contributed by atoms with E-state index < -0.39 is 36.7 Å². The van der Waals surface area contributed by atoms with E-state index in [1.165, 1.54) is 0 Å². The standard InChI is InChI=1S/C8H7F2O4P/c9-5-1-2-7(10)6(3-5)8(11)4-15(12,13)14/h1-3H,4H2,(H2,12,13,14). The number of Topliss-reactive ketones (excluding diaryl/α,β-unsaturated/α-hetero) is 1. The minimum Gasteiger partial charge on any atom is -0.324 e. The predicted molar refractivity (Wildman–Crippen MR) is 47.6 cm³/mol. The van der Waals surface area contributed by atoms with Gasteiger partial charge < -0.3 is 9.79 Å². The van der Waals surface area contributed by atoms with Crippen molar-refractivity contribution >= 4 is 13.4 Å². The quantitative estimate of drug-likeness (QED) is 0.613. The molecule has 0 atom stereocenters. The van der Waals surface area contributed by atoms with Gasteiger partial charge in [-0.2, -0.15) is 0 Å². The molecule has 0 saturated carbocycles. The SMILES string of the molecule is O=C(CP(=O)(O)O)c1cc(F)ccc1F. The lowest BCUT2D eigenvalue weighted by Gasteiger charge is -2.04. The van der Waals surface area contributed by atoms with E-state index in [0.29, 0.717) is 6.07 Å². The van der Waals surface area contributed by atoms with Crippen LogP contribution in [0.3, 0.4) is 0 Å². The molecule has 15 heavy (non-hydrogen) atoms. The summed E-state index contributed by atoms with van der Waals surface area (Å²) < 4.78 is 36.1. The van der Waals surface area contributed by atoms with Crippen LogP contribution in [0.4, 0.5) is 8.78 Å². The maximum atomic E-state index is 13.0. The molecule has 0 fully saturated rings. The van der Waals surface area contributed by atoms with Gasteiger partial charge in [0.05, 0.1) is 5.56 Å². The number of carbonyl (C=O) groups excluding carboxylic acids is 1. The Bertz CT molecular complexity index is 440. The van der Waals surface area contributed by atoms with E-state index in [2.05, 4.69) is 0 Å². The highest BCUT2D eigenvalue weighted by Crippen LogP contribution is 2.35. The molecule has 1 aromatic rings. The number of hydrogen-bond donors (Lipinski definition) is 2. The number of hydrogen-bond acceptors (Lipinski definition) is 2. The molecule has 4 nitrogen and oxygen atoms in total. The van der Waals surface area contributed by atoms with Gasteiger partial charge >= 0.3 is 7.60 Å². The van der Waals surface area contributed by atoms with Crippen molar-refractivity contribution in [3.8, 4) is 0 Å². The third-order valence-corrected chi connectivity index (χ3v) is 2.28. The summed E-state index contributed by atoms with van der Waals surface area (Å²) in [5, 5.41) is 0. The molecule has 0 spiro atoms. The summed E-state index contributed by atoms with van der Waals surface area (Å²) >= 11 is 0. The maximum absolute atomic E-state index is 13.0. The number of benzene rings is 1. The second kappa shape index (κ2) is 4.18. The van der Waals surface area contributed by atoms with E-state index in [1.54, 1.807) is 0 Å². The summed E-state index contributed by atoms with van der Waals surface area (Å²) in [4.78, 5) is 28.1. The van der Waals surface area contributed by atoms with E-state index in [-0.39, 0.29) is 0 Å². The monoisotopic (exact) mass is 236 g/mol. The molecule has 0 radical (unpaired) electrons. The van der Waals surface area contributed by atoms with Gasteiger partial charge in [0.25, 0.3) is 0 Å². The van der Waals surface area contributed by atoms with Crippen LogP contribution < -0.4 is 0 Å². The molecule has 0 unspecified atom stereocenters. The van der Waals surface area contributed by atoms with Crippen LogP contribution in [0, 0.1) is 11.6 Å². The Hall–Kier alpha value is -1.10. The van der Waals surface area contributed by atoms with Crippen molar-refractivity contribution in [3.63, 3.8) is 0 Å². The average Bonchev–Trinajstić information content (AvgIpc) is 2.06. The first-order valence-electron chi connectivity index (χ1n) is 3.82. The summed E-state index contributed by atoms with van der Waals surface area (Å²) in [6.45, 7) is 0. The third kappa shape index (κ3) is 3.51. The first kappa shape index (κ1) is 12.0. The van der Waals surface area contributed by atoms with Gasteiger partial charge in [0.1, 0.15) is 17.8 Å². The van der Waals surface area contributed by atoms with Gasteiger partial charge in [-0.05, 0) is 18.2 Å². The van der Waals surface area contributed by atoms with E-state index >= 15 is 0 Å². The topological polar surface area (TPSA) is 74.6 Å². The largest absolute Gasteiger partial charge is 0.333 e. The molecule has 1 aromatic carbocycles. The fourth-order valence-corrected chi connectivity index (χ4v) is 1.53. The Morgan fingerprint density at radius 3 is 2.47 bits per heavy atom. The summed E-state index contributed by atoms with van der Waals surface area (Å²) in [6.07, 6.45) is -1.13. The Labute approximate surface area is 83.7 Å². The Kier molecular flexibility index (Phi) is 3.34. The summed E-state index contributed by atoms with van der Waals surface area (Å²) in [6, 6.07) is 2.14. The number of ketones is 1. The van der Waals surface area contributed by atoms with Crippen molar-refractivity contribution in [1.29, 1.82) is 0 Å². The van der Waals surface area contributed by atoms with Crippen molar-refractivity contribution in [3.05, 3.63) is 35.4 Å². The molecule has 0 bridgehead atoms. The zero-order valence-corrected chi connectivity index (χ0v) is 8.25. The lowest BCUT2D eigenvalue weighted by atomic mass is 10.1. The van der Waals surface area contributed by atoms with Gasteiger partial charge in [-0.1, -0.05) is 0 Å². The van der Waals surface area contributed by atoms with Crippen LogP contribution in [0.15, 0.2) is 18.2 Å². The fourth-order valence-electron chi connectivity index (χ4n) is 0.983. The lowest BCUT2D eigenvalue weighted by Crippen LogP contribution is -2.08. The van der Waals surface area contributed by atoms with Crippen molar-refractivity contribution in [2.24, 2.45) is 0 Å². The molecule has 0 aliphatic rings. The first-order valence-corrected chi connectivity index (χ1v) is 5.62. The molecular formula is C8H7F2O4P. The minimum atomic E-state index is -4.56. The Morgan fingerprint density at radius 2 is 1.93 bits per heavy atom. The maximum Gasteiger partial charge on any atom is 0.333 e. The first-order chi connectivity index (χ1) is 6.79. The Morgan fingerprint density at radius 1 is 1.33 bits per heavy atom. The molecule has 7 heteroatoms. The smallest absolute Gasteiger partial charge is 0.324 e. The molecule has 0 saturated heterocycles. The average molecular weight is 236 g/mol. The number of rotatable bonds is 3. The molecule has 1 rings (SSSR count). The van der Waals surface area contributed by atoms with Crippen LogP contribution in [0.25, 0.3) is 0 Å². The van der Waals surface area contributed by atoms with E-state index in [0.717, 1.165) is 12.1 Å². The van der Waals surface area contributed by atoms with Crippen LogP contribution in [0.1, 0.15) is 10.4 Å². The number of halogens is 2. The van der Waals surface area contributed by atoms with Crippen LogP contribution in [0.2, 0.25) is 0 Å². The molecule has 2 N–H and O–H groups in total. The zero-order chi connectivity index (χ0) is 11.6. The van der Waals surface area contributed by atoms with Gasteiger partial charge in [-0.25, -0.2) is 8.78 Å². The fraction of sp³-hybridized carbons (Fsp3) is 0.125. The van der Waals surface area contributed by atoms with Crippen LogP contribution >= 0.6 is 7.60 Å². The second-order valence-electron chi connectivity index (χ2n) is 2.87. The van der Waals surface area contributed by atoms with Crippen molar-refractivity contribution in [1.82, 2.24) is 0 Å². The molecule has 0 heterocycles. The minimum absolute atomic E-state index is 0.604. The summed E-state index contributed by atoms with van der Waals surface area (Å²) in [7, 11) is -4.56. The van der Waals surface area contributed by atoms with Crippen molar-refractivity contribution < 1.29 is 27.9 Å². The molecule has 0 amide bonds. The van der Waals surface area contributed by atoms with E-state index in [4.69, 9.17) is 9.79 Å². The van der Waals surface area contributed by atoms with Gasteiger partial charge in [0.15, 0.2) is 5.78 Å². The Balaban J connectivity index is 3.01. The van der Waals surface area contributed by atoms with E-state index in [1.807, 2.05) is 0 Å². The van der Waals surface area contributed by atoms with Gasteiger partial charge in [0.2, 0.25) is 0 Å². The second-order valence-corrected chi connectivity index (χ2v) is 4.52. The molecule has 82 valence electrons. The number of carbonyl (C=O) groups is 1. The van der Waals surface area contributed by atoms with Gasteiger partial charge in [-0.3, -0.25) is 9.36 Å². The third-order valence-electron chi connectivity index (χ3n) is 1.58. The molecule has 0 aliphatic heterocycles. The zero-order valence-electron chi connectivity index (χ0n) is 7.35. The predicted octanol–water partition coefficient (Wildman–Crippen LogP) is 1.33.